The summed E-state index contributed by atoms with van der Waals surface area (Å²) >= 11 is 1.08. The molecule has 6 nitrogen and oxygen atoms in total. The summed E-state index contributed by atoms with van der Waals surface area (Å²) in [7, 11) is -3.69. The number of likely N-dealkylation sites (tertiary alicyclic amines) is 1. The maximum absolute atomic E-state index is 12.4. The molecule has 1 atom stereocenters. The van der Waals surface area contributed by atoms with Gasteiger partial charge in [-0.2, -0.15) is 0 Å². The maximum Gasteiger partial charge on any atom is 0.317 e. The fraction of sp³-hybridized carbons (Fsp3) is 0.389. The van der Waals surface area contributed by atoms with Gasteiger partial charge in [0, 0.05) is 23.9 Å². The lowest BCUT2D eigenvalue weighted by molar-refractivity contribution is 0.208. The van der Waals surface area contributed by atoms with Crippen LogP contribution in [0, 0.1) is 13.8 Å². The minimum atomic E-state index is -3.69. The first-order valence-corrected chi connectivity index (χ1v) is 10.8. The Kier molecular flexibility index (Phi) is 5.36. The number of benzene rings is 1. The monoisotopic (exact) mass is 393 g/mol. The molecule has 2 heterocycles. The lowest BCUT2D eigenvalue weighted by Crippen LogP contribution is -2.37. The first-order valence-electron chi connectivity index (χ1n) is 8.45. The van der Waals surface area contributed by atoms with Gasteiger partial charge >= 0.3 is 6.03 Å². The maximum atomic E-state index is 12.4. The summed E-state index contributed by atoms with van der Waals surface area (Å²) in [4.78, 5) is 15.0. The van der Waals surface area contributed by atoms with Crippen molar-refractivity contribution in [2.24, 2.45) is 5.14 Å². The smallest absolute Gasteiger partial charge is 0.317 e. The van der Waals surface area contributed by atoms with Crippen LogP contribution in [0.25, 0.3) is 0 Å². The number of thiophene rings is 1. The van der Waals surface area contributed by atoms with Gasteiger partial charge in [-0.1, -0.05) is 23.8 Å². The topological polar surface area (TPSA) is 92.5 Å². The molecule has 1 saturated heterocycles. The zero-order chi connectivity index (χ0) is 18.9. The second kappa shape index (κ2) is 7.38. The average molecular weight is 394 g/mol. The van der Waals surface area contributed by atoms with Gasteiger partial charge in [-0.3, -0.25) is 0 Å². The molecule has 1 unspecified atom stereocenters. The molecule has 1 aliphatic rings. The Morgan fingerprint density at radius 1 is 1.31 bits per heavy atom. The molecule has 26 heavy (non-hydrogen) atoms. The van der Waals surface area contributed by atoms with Crippen LogP contribution in [0.2, 0.25) is 0 Å². The minimum Gasteiger partial charge on any atom is -0.333 e. The first-order chi connectivity index (χ1) is 12.2. The van der Waals surface area contributed by atoms with Crippen molar-refractivity contribution in [3.8, 4) is 0 Å². The van der Waals surface area contributed by atoms with Crippen LogP contribution in [-0.4, -0.2) is 32.4 Å². The van der Waals surface area contributed by atoms with Crippen molar-refractivity contribution in [3.63, 3.8) is 0 Å². The number of amides is 2. The number of carbonyl (C=O) groups is 1. The molecular weight excluding hydrogens is 370 g/mol. The molecule has 0 radical (unpaired) electrons. The lowest BCUT2D eigenvalue weighted by atomic mass is 9.93. The SMILES string of the molecule is Cc1ccc(C2CCN(C(=O)NCc3ccc(S(N)(=O)=O)s3)C2)c(C)c1. The van der Waals surface area contributed by atoms with Crippen LogP contribution in [0.5, 0.6) is 0 Å². The number of carbonyl (C=O) groups excluding carboxylic acids is 1. The summed E-state index contributed by atoms with van der Waals surface area (Å²) in [5, 5.41) is 7.97. The van der Waals surface area contributed by atoms with Crippen molar-refractivity contribution in [3.05, 3.63) is 51.9 Å². The van der Waals surface area contributed by atoms with Gasteiger partial charge in [0.1, 0.15) is 4.21 Å². The van der Waals surface area contributed by atoms with Gasteiger partial charge in [0.25, 0.3) is 0 Å². The lowest BCUT2D eigenvalue weighted by Gasteiger charge is -2.18. The van der Waals surface area contributed by atoms with E-state index in [1.807, 2.05) is 4.90 Å². The third kappa shape index (κ3) is 4.25. The Hall–Kier alpha value is -1.90. The minimum absolute atomic E-state index is 0.109. The molecule has 140 valence electrons. The highest BCUT2D eigenvalue weighted by Crippen LogP contribution is 2.30. The van der Waals surface area contributed by atoms with Gasteiger partial charge in [0.15, 0.2) is 0 Å². The summed E-state index contributed by atoms with van der Waals surface area (Å²) in [5.41, 5.74) is 3.82. The molecular formula is C18H23N3O3S2. The number of nitrogens with one attached hydrogen (secondary N) is 1. The molecule has 0 bridgehead atoms. The van der Waals surface area contributed by atoms with Gasteiger partial charge in [-0.25, -0.2) is 18.4 Å². The first kappa shape index (κ1) is 18.9. The quantitative estimate of drug-likeness (QED) is 0.836. The molecule has 3 rings (SSSR count). The fourth-order valence-electron chi connectivity index (χ4n) is 3.36. The van der Waals surface area contributed by atoms with E-state index in [0.29, 0.717) is 19.0 Å². The third-order valence-corrected chi connectivity index (χ3v) is 7.20. The summed E-state index contributed by atoms with van der Waals surface area (Å²) in [6.45, 7) is 5.91. The highest BCUT2D eigenvalue weighted by Gasteiger charge is 2.28. The van der Waals surface area contributed by atoms with E-state index in [1.54, 1.807) is 6.07 Å². The molecule has 1 fully saturated rings. The van der Waals surface area contributed by atoms with Crippen molar-refractivity contribution in [1.29, 1.82) is 0 Å². The van der Waals surface area contributed by atoms with Crippen molar-refractivity contribution in [2.75, 3.05) is 13.1 Å². The zero-order valence-corrected chi connectivity index (χ0v) is 16.5. The Balaban J connectivity index is 1.57. The Bertz CT molecular complexity index is 922. The van der Waals surface area contributed by atoms with E-state index >= 15 is 0 Å². The van der Waals surface area contributed by atoms with Crippen molar-refractivity contribution in [2.45, 2.75) is 36.9 Å². The highest BCUT2D eigenvalue weighted by atomic mass is 32.2. The number of hydrogen-bond acceptors (Lipinski definition) is 4. The third-order valence-electron chi connectivity index (χ3n) is 4.67. The largest absolute Gasteiger partial charge is 0.333 e. The van der Waals surface area contributed by atoms with E-state index < -0.39 is 10.0 Å². The summed E-state index contributed by atoms with van der Waals surface area (Å²) in [6, 6.07) is 9.48. The number of nitrogens with two attached hydrogens (primary N) is 1. The van der Waals surface area contributed by atoms with Crippen LogP contribution in [0.4, 0.5) is 4.79 Å². The number of rotatable bonds is 4. The van der Waals surface area contributed by atoms with E-state index in [9.17, 15) is 13.2 Å². The van der Waals surface area contributed by atoms with Crippen LogP contribution < -0.4 is 10.5 Å². The van der Waals surface area contributed by atoms with Crippen LogP contribution in [-0.2, 0) is 16.6 Å². The van der Waals surface area contributed by atoms with Crippen molar-refractivity contribution >= 4 is 27.4 Å². The molecule has 1 aromatic carbocycles. The number of urea groups is 1. The predicted octanol–water partition coefficient (Wildman–Crippen LogP) is 2.71. The highest BCUT2D eigenvalue weighted by molar-refractivity contribution is 7.91. The molecule has 1 aromatic heterocycles. The van der Waals surface area contributed by atoms with E-state index in [2.05, 4.69) is 37.4 Å². The number of sulfonamides is 1. The zero-order valence-electron chi connectivity index (χ0n) is 14.9. The Morgan fingerprint density at radius 2 is 2.08 bits per heavy atom. The van der Waals surface area contributed by atoms with Crippen LogP contribution in [0.1, 0.15) is 33.9 Å². The average Bonchev–Trinajstić information content (AvgIpc) is 3.21. The standard InChI is InChI=1S/C18H23N3O3S2/c1-12-3-5-16(13(2)9-12)14-7-8-21(11-14)18(22)20-10-15-4-6-17(25-15)26(19,23)24/h3-6,9,14H,7-8,10-11H2,1-2H3,(H,20,22)(H2,19,23,24). The normalized spacial score (nSPS) is 17.5. The number of nitrogens with zero attached hydrogens (tertiary/aromatic N) is 1. The molecule has 0 aliphatic carbocycles. The van der Waals surface area contributed by atoms with Gasteiger partial charge < -0.3 is 10.2 Å². The second-order valence-electron chi connectivity index (χ2n) is 6.72. The summed E-state index contributed by atoms with van der Waals surface area (Å²) < 4.78 is 22.7. The van der Waals surface area contributed by atoms with Crippen LogP contribution in [0.3, 0.4) is 0 Å². The molecule has 3 N–H and O–H groups in total. The molecule has 0 spiro atoms. The summed E-state index contributed by atoms with van der Waals surface area (Å²) in [6.07, 6.45) is 0.950. The van der Waals surface area contributed by atoms with Crippen molar-refractivity contribution < 1.29 is 13.2 Å². The number of hydrogen-bond donors (Lipinski definition) is 2. The predicted molar refractivity (Wildman–Crippen MR) is 103 cm³/mol. The van der Waals surface area contributed by atoms with Gasteiger partial charge in [0.2, 0.25) is 10.0 Å². The molecule has 1 aliphatic heterocycles. The van der Waals surface area contributed by atoms with Gasteiger partial charge in [0.05, 0.1) is 6.54 Å². The van der Waals surface area contributed by atoms with Crippen LogP contribution in [0.15, 0.2) is 34.5 Å². The van der Waals surface area contributed by atoms with E-state index in [-0.39, 0.29) is 10.2 Å². The van der Waals surface area contributed by atoms with Gasteiger partial charge in [-0.05, 0) is 43.5 Å². The molecule has 2 aromatic rings. The molecule has 2 amide bonds. The van der Waals surface area contributed by atoms with E-state index in [1.165, 1.54) is 22.8 Å². The second-order valence-corrected chi connectivity index (χ2v) is 9.67. The Morgan fingerprint density at radius 3 is 2.73 bits per heavy atom. The summed E-state index contributed by atoms with van der Waals surface area (Å²) in [5.74, 6) is 0.358. The van der Waals surface area contributed by atoms with Crippen molar-refractivity contribution in [1.82, 2.24) is 10.2 Å². The number of aryl methyl sites for hydroxylation is 2. The molecule has 0 saturated carbocycles. The van der Waals surface area contributed by atoms with E-state index in [0.717, 1.165) is 29.2 Å². The Labute approximate surface area is 158 Å². The van der Waals surface area contributed by atoms with Gasteiger partial charge in [-0.15, -0.1) is 11.3 Å². The number of primary sulfonamides is 1. The fourth-order valence-corrected chi connectivity index (χ4v) is 5.08. The molecule has 8 heteroatoms. The van der Waals surface area contributed by atoms with Crippen LogP contribution >= 0.6 is 11.3 Å². The van der Waals surface area contributed by atoms with E-state index in [4.69, 9.17) is 5.14 Å².